The van der Waals surface area contributed by atoms with Gasteiger partial charge in [-0.3, -0.25) is 4.79 Å². The van der Waals surface area contributed by atoms with E-state index < -0.39 is 17.9 Å². The monoisotopic (exact) mass is 459 g/mol. The highest BCUT2D eigenvalue weighted by atomic mass is 16.4. The molecule has 176 valence electrons. The number of benzene rings is 3. The Balaban J connectivity index is 1.62. The van der Waals surface area contributed by atoms with Crippen molar-refractivity contribution in [3.63, 3.8) is 0 Å². The average molecular weight is 460 g/mol. The van der Waals surface area contributed by atoms with Gasteiger partial charge in [0.05, 0.1) is 0 Å². The van der Waals surface area contributed by atoms with Crippen LogP contribution in [0.1, 0.15) is 35.3 Å². The molecule has 0 aliphatic rings. The molecule has 3 aromatic carbocycles. The molecule has 0 aliphatic heterocycles. The minimum atomic E-state index is -1.06. The molecular weight excluding hydrogens is 430 g/mol. The molecule has 0 saturated carbocycles. The Hall–Kier alpha value is -4.13. The van der Waals surface area contributed by atoms with Crippen molar-refractivity contribution in [2.24, 2.45) is 5.92 Å². The fraction of sp³-hybridized carbons (Fsp3) is 0.222. The van der Waals surface area contributed by atoms with Gasteiger partial charge in [0, 0.05) is 16.9 Å². The first-order valence-corrected chi connectivity index (χ1v) is 11.0. The molecular formula is C27H29N3O4. The van der Waals surface area contributed by atoms with Crippen LogP contribution in [0.25, 0.3) is 11.1 Å². The van der Waals surface area contributed by atoms with Gasteiger partial charge in [0.2, 0.25) is 0 Å². The lowest BCUT2D eigenvalue weighted by molar-refractivity contribution is -0.140. The van der Waals surface area contributed by atoms with Crippen LogP contribution >= 0.6 is 0 Å². The van der Waals surface area contributed by atoms with E-state index in [-0.39, 0.29) is 11.9 Å². The zero-order chi connectivity index (χ0) is 24.8. The summed E-state index contributed by atoms with van der Waals surface area (Å²) in [6.45, 7) is 7.44. The van der Waals surface area contributed by atoms with Gasteiger partial charge in [-0.2, -0.15) is 0 Å². The van der Waals surface area contributed by atoms with Gasteiger partial charge in [0.1, 0.15) is 6.04 Å². The van der Waals surface area contributed by atoms with Crippen LogP contribution in [0.5, 0.6) is 0 Å². The second-order valence-electron chi connectivity index (χ2n) is 8.59. The summed E-state index contributed by atoms with van der Waals surface area (Å²) in [5.74, 6) is -1.71. The van der Waals surface area contributed by atoms with Crippen molar-refractivity contribution in [1.29, 1.82) is 0 Å². The molecule has 0 aliphatic carbocycles. The van der Waals surface area contributed by atoms with Crippen LogP contribution in [0.4, 0.5) is 16.2 Å². The first kappa shape index (κ1) is 24.5. The van der Waals surface area contributed by atoms with E-state index in [1.54, 1.807) is 50.2 Å². The Labute approximate surface area is 199 Å². The summed E-state index contributed by atoms with van der Waals surface area (Å²) < 4.78 is 0. The quantitative estimate of drug-likeness (QED) is 0.377. The van der Waals surface area contributed by atoms with Crippen LogP contribution in [0.15, 0.2) is 66.7 Å². The summed E-state index contributed by atoms with van der Waals surface area (Å²) in [6, 6.07) is 18.8. The summed E-state index contributed by atoms with van der Waals surface area (Å²) >= 11 is 0. The second-order valence-corrected chi connectivity index (χ2v) is 8.59. The highest BCUT2D eigenvalue weighted by Gasteiger charge is 2.23. The fourth-order valence-electron chi connectivity index (χ4n) is 3.54. The summed E-state index contributed by atoms with van der Waals surface area (Å²) in [6.07, 6.45) is 0. The average Bonchev–Trinajstić information content (AvgIpc) is 2.79. The number of carboxylic acids is 1. The van der Waals surface area contributed by atoms with E-state index in [1.165, 1.54) is 0 Å². The third-order valence-corrected chi connectivity index (χ3v) is 5.47. The largest absolute Gasteiger partial charge is 0.480 e. The van der Waals surface area contributed by atoms with Crippen LogP contribution < -0.4 is 16.0 Å². The molecule has 34 heavy (non-hydrogen) atoms. The minimum absolute atomic E-state index is 0.226. The molecule has 0 aromatic heterocycles. The Morgan fingerprint density at radius 2 is 1.38 bits per heavy atom. The number of anilines is 2. The van der Waals surface area contributed by atoms with Crippen molar-refractivity contribution in [3.8, 4) is 11.1 Å². The molecule has 0 bridgehead atoms. The molecule has 3 aromatic rings. The zero-order valence-electron chi connectivity index (χ0n) is 19.7. The number of aryl methyl sites for hydroxylation is 2. The van der Waals surface area contributed by atoms with E-state index in [1.807, 2.05) is 44.2 Å². The molecule has 0 unspecified atom stereocenters. The van der Waals surface area contributed by atoms with Gasteiger partial charge in [0.25, 0.3) is 5.91 Å². The number of hydrogen-bond acceptors (Lipinski definition) is 3. The number of amides is 3. The summed E-state index contributed by atoms with van der Waals surface area (Å²) in [5, 5.41) is 17.5. The topological polar surface area (TPSA) is 108 Å². The van der Waals surface area contributed by atoms with Gasteiger partial charge >= 0.3 is 12.0 Å². The molecule has 0 radical (unpaired) electrons. The Morgan fingerprint density at radius 1 is 0.794 bits per heavy atom. The van der Waals surface area contributed by atoms with E-state index in [0.29, 0.717) is 11.3 Å². The molecule has 3 amide bonds. The van der Waals surface area contributed by atoms with E-state index in [0.717, 1.165) is 27.9 Å². The maximum Gasteiger partial charge on any atom is 0.326 e. The van der Waals surface area contributed by atoms with Crippen molar-refractivity contribution in [1.82, 2.24) is 5.32 Å². The molecule has 1 atom stereocenters. The Bertz CT molecular complexity index is 1190. The van der Waals surface area contributed by atoms with Crippen molar-refractivity contribution in [2.75, 3.05) is 10.6 Å². The number of rotatable bonds is 7. The third-order valence-electron chi connectivity index (χ3n) is 5.47. The van der Waals surface area contributed by atoms with Crippen LogP contribution in [0.2, 0.25) is 0 Å². The first-order valence-electron chi connectivity index (χ1n) is 11.0. The highest BCUT2D eigenvalue weighted by molar-refractivity contribution is 6.00. The van der Waals surface area contributed by atoms with Gasteiger partial charge in [-0.25, -0.2) is 9.59 Å². The summed E-state index contributed by atoms with van der Waals surface area (Å²) in [5.41, 5.74) is 5.72. The number of urea groups is 1. The standard InChI is InChI=1S/C27H29N3O4/c1-16(2)24(26(32)33)30-25(31)21-8-6-19(7-9-21)20-10-12-22(13-11-20)28-27(34)29-23-14-5-17(3)15-18(23)4/h5-16,24H,1-4H3,(H,30,31)(H,32,33)(H2,28,29,34)/t24-/m1/s1. The summed E-state index contributed by atoms with van der Waals surface area (Å²) in [7, 11) is 0. The Morgan fingerprint density at radius 3 is 1.91 bits per heavy atom. The second kappa shape index (κ2) is 10.7. The van der Waals surface area contributed by atoms with E-state index in [9.17, 15) is 19.5 Å². The Kier molecular flexibility index (Phi) is 7.68. The molecule has 0 saturated heterocycles. The molecule has 0 fully saturated rings. The number of hydrogen-bond donors (Lipinski definition) is 4. The normalized spacial score (nSPS) is 11.6. The molecule has 7 nitrogen and oxygen atoms in total. The minimum Gasteiger partial charge on any atom is -0.480 e. The van der Waals surface area contributed by atoms with E-state index in [4.69, 9.17) is 0 Å². The van der Waals surface area contributed by atoms with Crippen molar-refractivity contribution in [3.05, 3.63) is 83.4 Å². The maximum absolute atomic E-state index is 12.4. The molecule has 0 spiro atoms. The molecule has 3 rings (SSSR count). The fourth-order valence-corrected chi connectivity index (χ4v) is 3.54. The van der Waals surface area contributed by atoms with Crippen molar-refractivity contribution >= 4 is 29.3 Å². The lowest BCUT2D eigenvalue weighted by atomic mass is 10.0. The first-order chi connectivity index (χ1) is 16.1. The van der Waals surface area contributed by atoms with Gasteiger partial charge in [-0.1, -0.05) is 55.8 Å². The highest BCUT2D eigenvalue weighted by Crippen LogP contribution is 2.23. The van der Waals surface area contributed by atoms with Crippen LogP contribution in [0, 0.1) is 19.8 Å². The number of nitrogens with one attached hydrogen (secondary N) is 3. The van der Waals surface area contributed by atoms with Crippen LogP contribution in [0.3, 0.4) is 0 Å². The van der Waals surface area contributed by atoms with Crippen molar-refractivity contribution < 1.29 is 19.5 Å². The molecule has 4 N–H and O–H groups in total. The number of carbonyl (C=O) groups is 3. The SMILES string of the molecule is Cc1ccc(NC(=O)Nc2ccc(-c3ccc(C(=O)N[C@@H](C(=O)O)C(C)C)cc3)cc2)c(C)c1. The smallest absolute Gasteiger partial charge is 0.326 e. The number of aliphatic carboxylic acids is 1. The molecule has 0 heterocycles. The lowest BCUT2D eigenvalue weighted by Gasteiger charge is -2.18. The third kappa shape index (κ3) is 6.22. The molecule has 7 heteroatoms. The maximum atomic E-state index is 12.4. The van der Waals surface area contributed by atoms with E-state index in [2.05, 4.69) is 16.0 Å². The predicted octanol–water partition coefficient (Wildman–Crippen LogP) is 5.45. The zero-order valence-corrected chi connectivity index (χ0v) is 19.7. The van der Waals surface area contributed by atoms with Gasteiger partial charge < -0.3 is 21.1 Å². The van der Waals surface area contributed by atoms with Gasteiger partial charge in [0.15, 0.2) is 0 Å². The van der Waals surface area contributed by atoms with Gasteiger partial charge in [-0.05, 0) is 66.8 Å². The van der Waals surface area contributed by atoms with Gasteiger partial charge in [-0.15, -0.1) is 0 Å². The number of carboxylic acid groups (broad SMARTS) is 1. The summed E-state index contributed by atoms with van der Waals surface area (Å²) in [4.78, 5) is 36.1. The van der Waals surface area contributed by atoms with Crippen LogP contribution in [-0.2, 0) is 4.79 Å². The van der Waals surface area contributed by atoms with Crippen molar-refractivity contribution in [2.45, 2.75) is 33.7 Å². The lowest BCUT2D eigenvalue weighted by Crippen LogP contribution is -2.44. The van der Waals surface area contributed by atoms with E-state index >= 15 is 0 Å². The predicted molar refractivity (Wildman–Crippen MR) is 134 cm³/mol. The number of carbonyl (C=O) groups excluding carboxylic acids is 2. The van der Waals surface area contributed by atoms with Crippen LogP contribution in [-0.4, -0.2) is 29.1 Å².